The summed E-state index contributed by atoms with van der Waals surface area (Å²) in [5.41, 5.74) is 5.30. The third kappa shape index (κ3) is 3.70. The molecule has 1 amide bonds. The maximum atomic E-state index is 12.9. The highest BCUT2D eigenvalue weighted by Crippen LogP contribution is 2.33. The summed E-state index contributed by atoms with van der Waals surface area (Å²) in [5.74, 6) is 1.90. The maximum absolute atomic E-state index is 12.9. The molecule has 0 radical (unpaired) electrons. The number of aryl methyl sites for hydroxylation is 1. The predicted molar refractivity (Wildman–Crippen MR) is 114 cm³/mol. The number of nitrogens with zero attached hydrogens (tertiary/aromatic N) is 2. The summed E-state index contributed by atoms with van der Waals surface area (Å²) in [5, 5.41) is 7.70. The van der Waals surface area contributed by atoms with Gasteiger partial charge in [0, 0.05) is 21.9 Å². The Morgan fingerprint density at radius 1 is 1.17 bits per heavy atom. The van der Waals surface area contributed by atoms with Crippen molar-refractivity contribution in [1.29, 1.82) is 0 Å². The Balaban J connectivity index is 1.72. The van der Waals surface area contributed by atoms with Gasteiger partial charge in [0.05, 0.1) is 29.5 Å². The van der Waals surface area contributed by atoms with Crippen LogP contribution >= 0.6 is 0 Å². The number of aromatic nitrogens is 2. The van der Waals surface area contributed by atoms with Crippen LogP contribution in [0.5, 0.6) is 5.75 Å². The van der Waals surface area contributed by atoms with Gasteiger partial charge in [0.2, 0.25) is 0 Å². The summed E-state index contributed by atoms with van der Waals surface area (Å²) in [4.78, 5) is 12.9. The first-order valence-corrected chi connectivity index (χ1v) is 11.0. The van der Waals surface area contributed by atoms with Gasteiger partial charge in [-0.1, -0.05) is 12.1 Å². The van der Waals surface area contributed by atoms with Crippen LogP contribution in [-0.4, -0.2) is 26.5 Å². The highest BCUT2D eigenvalue weighted by atomic mass is 32.2. The topological polar surface area (TPSA) is 73.2 Å². The predicted octanol–water partition coefficient (Wildman–Crippen LogP) is 3.90. The molecule has 0 saturated heterocycles. The number of fused-ring (bicyclic) bond motifs is 1. The standard InChI is InChI=1S/C22H23N3O3S/c1-4-28-17-10-8-16(9-11-17)22(26)23-21-18-12-29(27)13-19(18)24-25(21)20-7-5-6-14(2)15(20)3/h5-11H,4,12-13H2,1-3H3,(H,23,26)/t29-/m1/s1. The second-order valence-electron chi connectivity index (χ2n) is 7.04. The molecule has 6 nitrogen and oxygen atoms in total. The van der Waals surface area contributed by atoms with E-state index in [9.17, 15) is 9.00 Å². The molecule has 7 heteroatoms. The number of nitrogens with one attached hydrogen (secondary N) is 1. The molecule has 1 aliphatic rings. The summed E-state index contributed by atoms with van der Waals surface area (Å²) in [7, 11) is -0.981. The molecular weight excluding hydrogens is 386 g/mol. The first-order valence-electron chi connectivity index (χ1n) is 9.54. The zero-order chi connectivity index (χ0) is 20.5. The van der Waals surface area contributed by atoms with Crippen LogP contribution in [0.25, 0.3) is 5.69 Å². The van der Waals surface area contributed by atoms with Crippen LogP contribution in [0.4, 0.5) is 5.82 Å². The molecule has 0 spiro atoms. The normalized spacial score (nSPS) is 15.2. The highest BCUT2D eigenvalue weighted by Gasteiger charge is 2.29. The lowest BCUT2D eigenvalue weighted by molar-refractivity contribution is 0.102. The third-order valence-corrected chi connectivity index (χ3v) is 6.34. The Bertz CT molecular complexity index is 1100. The van der Waals surface area contributed by atoms with Gasteiger partial charge in [-0.05, 0) is 62.2 Å². The highest BCUT2D eigenvalue weighted by molar-refractivity contribution is 7.83. The summed E-state index contributed by atoms with van der Waals surface area (Å²) in [6.07, 6.45) is 0. The number of amides is 1. The van der Waals surface area contributed by atoms with E-state index >= 15 is 0 Å². The summed E-state index contributed by atoms with van der Waals surface area (Å²) >= 11 is 0. The Kier molecular flexibility index (Phi) is 5.24. The third-order valence-electron chi connectivity index (χ3n) is 5.13. The Morgan fingerprint density at radius 2 is 1.93 bits per heavy atom. The Hall–Kier alpha value is -2.93. The average Bonchev–Trinajstić information content (AvgIpc) is 3.22. The van der Waals surface area contributed by atoms with Crippen molar-refractivity contribution in [2.45, 2.75) is 32.3 Å². The van der Waals surface area contributed by atoms with E-state index in [-0.39, 0.29) is 5.91 Å². The maximum Gasteiger partial charge on any atom is 0.256 e. The fourth-order valence-corrected chi connectivity index (χ4v) is 4.71. The fraction of sp³-hybridized carbons (Fsp3) is 0.273. The number of carbonyl (C=O) groups is 1. The van der Waals surface area contributed by atoms with Gasteiger partial charge in [-0.15, -0.1) is 0 Å². The van der Waals surface area contributed by atoms with Crippen molar-refractivity contribution in [2.75, 3.05) is 11.9 Å². The molecule has 0 saturated carbocycles. The lowest BCUT2D eigenvalue weighted by Gasteiger charge is -2.14. The van der Waals surface area contributed by atoms with Gasteiger partial charge in [0.25, 0.3) is 5.91 Å². The van der Waals surface area contributed by atoms with Crippen LogP contribution in [0.15, 0.2) is 42.5 Å². The minimum atomic E-state index is -0.981. The summed E-state index contributed by atoms with van der Waals surface area (Å²) in [6, 6.07) is 13.0. The molecular formula is C22H23N3O3S. The molecule has 0 bridgehead atoms. The zero-order valence-corrected chi connectivity index (χ0v) is 17.5. The quantitative estimate of drug-likeness (QED) is 0.694. The fourth-order valence-electron chi connectivity index (χ4n) is 3.44. The lowest BCUT2D eigenvalue weighted by Crippen LogP contribution is -2.17. The molecule has 0 aliphatic carbocycles. The number of hydrogen-bond acceptors (Lipinski definition) is 4. The smallest absolute Gasteiger partial charge is 0.256 e. The molecule has 1 atom stereocenters. The lowest BCUT2D eigenvalue weighted by atomic mass is 10.1. The van der Waals surface area contributed by atoms with Crippen LogP contribution < -0.4 is 10.1 Å². The number of benzene rings is 2. The van der Waals surface area contributed by atoms with Crippen molar-refractivity contribution in [1.82, 2.24) is 9.78 Å². The van der Waals surface area contributed by atoms with Crippen molar-refractivity contribution in [2.24, 2.45) is 0 Å². The summed E-state index contributed by atoms with van der Waals surface area (Å²) < 4.78 is 19.3. The first kappa shape index (κ1) is 19.4. The van der Waals surface area contributed by atoms with Crippen LogP contribution in [0.3, 0.4) is 0 Å². The molecule has 2 heterocycles. The Labute approximate surface area is 172 Å². The molecule has 4 rings (SSSR count). The van der Waals surface area contributed by atoms with Gasteiger partial charge < -0.3 is 10.1 Å². The van der Waals surface area contributed by atoms with E-state index in [0.717, 1.165) is 33.8 Å². The van der Waals surface area contributed by atoms with Crippen LogP contribution in [0.1, 0.15) is 39.7 Å². The Morgan fingerprint density at radius 3 is 2.66 bits per heavy atom. The minimum Gasteiger partial charge on any atom is -0.494 e. The van der Waals surface area contributed by atoms with Crippen molar-refractivity contribution in [3.63, 3.8) is 0 Å². The largest absolute Gasteiger partial charge is 0.494 e. The van der Waals surface area contributed by atoms with Crippen molar-refractivity contribution in [3.05, 3.63) is 70.4 Å². The monoisotopic (exact) mass is 409 g/mol. The number of rotatable bonds is 5. The van der Waals surface area contributed by atoms with Gasteiger partial charge in [-0.2, -0.15) is 5.10 Å². The number of carbonyl (C=O) groups excluding carboxylic acids is 1. The van der Waals surface area contributed by atoms with Gasteiger partial charge in [-0.3, -0.25) is 9.00 Å². The van der Waals surface area contributed by atoms with E-state index in [4.69, 9.17) is 4.74 Å². The van der Waals surface area contributed by atoms with Crippen LogP contribution in [-0.2, 0) is 22.3 Å². The van der Waals surface area contributed by atoms with Gasteiger partial charge in [0.1, 0.15) is 11.6 Å². The van der Waals surface area contributed by atoms with E-state index in [1.807, 2.05) is 39.0 Å². The van der Waals surface area contributed by atoms with Crippen LogP contribution in [0.2, 0.25) is 0 Å². The molecule has 2 aromatic carbocycles. The molecule has 150 valence electrons. The molecule has 3 aromatic rings. The molecule has 1 aromatic heterocycles. The molecule has 29 heavy (non-hydrogen) atoms. The van der Waals surface area contributed by atoms with Crippen molar-refractivity contribution in [3.8, 4) is 11.4 Å². The van der Waals surface area contributed by atoms with Gasteiger partial charge in [-0.25, -0.2) is 4.68 Å². The molecule has 0 unspecified atom stereocenters. The number of hydrogen-bond donors (Lipinski definition) is 1. The SMILES string of the molecule is CCOc1ccc(C(=O)Nc2c3c(nn2-c2cccc(C)c2C)C[S@](=O)C3)cc1. The van der Waals surface area contributed by atoms with Crippen LogP contribution in [0, 0.1) is 13.8 Å². The van der Waals surface area contributed by atoms with E-state index in [1.165, 1.54) is 0 Å². The van der Waals surface area contributed by atoms with Crippen molar-refractivity contribution < 1.29 is 13.7 Å². The molecule has 1 aliphatic heterocycles. The minimum absolute atomic E-state index is 0.236. The summed E-state index contributed by atoms with van der Waals surface area (Å²) in [6.45, 7) is 6.57. The molecule has 1 N–H and O–H groups in total. The van der Waals surface area contributed by atoms with E-state index < -0.39 is 10.8 Å². The zero-order valence-electron chi connectivity index (χ0n) is 16.7. The van der Waals surface area contributed by atoms with Crippen molar-refractivity contribution >= 4 is 22.5 Å². The second kappa shape index (κ2) is 7.83. The van der Waals surface area contributed by atoms with E-state index in [0.29, 0.717) is 29.5 Å². The average molecular weight is 410 g/mol. The van der Waals surface area contributed by atoms with Gasteiger partial charge in [0.15, 0.2) is 0 Å². The second-order valence-corrected chi connectivity index (χ2v) is 8.50. The van der Waals surface area contributed by atoms with E-state index in [1.54, 1.807) is 28.9 Å². The van der Waals surface area contributed by atoms with E-state index in [2.05, 4.69) is 10.4 Å². The first-order chi connectivity index (χ1) is 14.0. The number of anilines is 1. The number of ether oxygens (including phenoxy) is 1. The molecule has 0 fully saturated rings. The van der Waals surface area contributed by atoms with Gasteiger partial charge >= 0.3 is 0 Å².